The molecule has 0 fully saturated rings. The number of rotatable bonds is 10. The Labute approximate surface area is 181 Å². The van der Waals surface area contributed by atoms with Crippen LogP contribution >= 0.6 is 0 Å². The monoisotopic (exact) mass is 424 g/mol. The number of carbonyl (C=O) groups is 6. The fraction of sp³-hybridized carbons (Fsp3) is 0.375. The van der Waals surface area contributed by atoms with E-state index in [0.717, 1.165) is 0 Å². The molecule has 0 unspecified atom stereocenters. The maximum Gasteiger partial charge on any atom is 2.00 e. The summed E-state index contributed by atoms with van der Waals surface area (Å²) in [5.74, 6) is -7.35. The molecule has 0 saturated carbocycles. The van der Waals surface area contributed by atoms with Gasteiger partial charge in [-0.3, -0.25) is 19.2 Å². The molecule has 0 spiro atoms. The molecule has 0 aromatic carbocycles. The van der Waals surface area contributed by atoms with Crippen LogP contribution in [-0.4, -0.2) is 81.0 Å². The van der Waals surface area contributed by atoms with Crippen molar-refractivity contribution in [2.45, 2.75) is 38.8 Å². The molecule has 156 valence electrons. The molecule has 0 aromatic heterocycles. The standard InChI is InChI=1S/2C8H11NO5.Mg/c2*1-4(2)7(12)9-5(8(13)14)3-6(10)11;/h2*5H,1,3H2,2H3,(H,9,12)(H,10,11)(H,13,14);/q;;+2/p-2/t2*5-;/m00./s1. The van der Waals surface area contributed by atoms with E-state index in [1.54, 1.807) is 0 Å². The van der Waals surface area contributed by atoms with Gasteiger partial charge in [-0.1, -0.05) is 13.2 Å². The summed E-state index contributed by atoms with van der Waals surface area (Å²) in [6.07, 6.45) is -1.44. The molecule has 0 radical (unpaired) electrons. The van der Waals surface area contributed by atoms with Gasteiger partial charge in [-0.15, -0.1) is 0 Å². The number of hydrogen-bond acceptors (Lipinski definition) is 8. The Bertz CT molecular complexity index is 631. The number of amides is 2. The Morgan fingerprint density at radius 1 is 0.759 bits per heavy atom. The average molecular weight is 425 g/mol. The third-order valence-electron chi connectivity index (χ3n) is 2.71. The first-order chi connectivity index (χ1) is 12.7. The zero-order valence-corrected chi connectivity index (χ0v) is 17.3. The molecule has 0 heterocycles. The average Bonchev–Trinajstić information content (AvgIpc) is 2.52. The molecule has 29 heavy (non-hydrogen) atoms. The molecule has 0 aromatic rings. The van der Waals surface area contributed by atoms with Crippen molar-refractivity contribution >= 4 is 58.7 Å². The maximum atomic E-state index is 10.9. The summed E-state index contributed by atoms with van der Waals surface area (Å²) in [4.78, 5) is 63.0. The fourth-order valence-corrected chi connectivity index (χ4v) is 1.30. The second kappa shape index (κ2) is 15.0. The Morgan fingerprint density at radius 2 is 1.00 bits per heavy atom. The minimum absolute atomic E-state index is 0. The van der Waals surface area contributed by atoms with Crippen molar-refractivity contribution in [1.29, 1.82) is 0 Å². The van der Waals surface area contributed by atoms with Gasteiger partial charge in [0.05, 0.1) is 36.9 Å². The Hall–Kier alpha value is -2.93. The van der Waals surface area contributed by atoms with Gasteiger partial charge < -0.3 is 40.6 Å². The van der Waals surface area contributed by atoms with Gasteiger partial charge in [-0.05, 0) is 13.8 Å². The van der Waals surface area contributed by atoms with Crippen LogP contribution in [0.15, 0.2) is 24.3 Å². The second-order valence-corrected chi connectivity index (χ2v) is 5.45. The summed E-state index contributed by atoms with van der Waals surface area (Å²) in [7, 11) is 0. The van der Waals surface area contributed by atoms with Crippen molar-refractivity contribution < 1.29 is 49.2 Å². The normalized spacial score (nSPS) is 11.1. The largest absolute Gasteiger partial charge is 2.00 e. The van der Waals surface area contributed by atoms with Crippen LogP contribution in [0.25, 0.3) is 0 Å². The fourth-order valence-electron chi connectivity index (χ4n) is 1.30. The van der Waals surface area contributed by atoms with Crippen LogP contribution in [0.2, 0.25) is 0 Å². The molecule has 0 rings (SSSR count). The minimum atomic E-state index is -1.64. The van der Waals surface area contributed by atoms with Gasteiger partial charge in [0, 0.05) is 11.1 Å². The summed E-state index contributed by atoms with van der Waals surface area (Å²) >= 11 is 0. The van der Waals surface area contributed by atoms with Gasteiger partial charge >= 0.3 is 35.0 Å². The molecular weight excluding hydrogens is 404 g/mol. The van der Waals surface area contributed by atoms with Gasteiger partial charge in [0.1, 0.15) is 0 Å². The van der Waals surface area contributed by atoms with Crippen LogP contribution in [0.4, 0.5) is 0 Å². The van der Waals surface area contributed by atoms with Gasteiger partial charge in [0.25, 0.3) is 0 Å². The molecule has 4 N–H and O–H groups in total. The Morgan fingerprint density at radius 3 is 1.14 bits per heavy atom. The molecule has 0 aliphatic rings. The van der Waals surface area contributed by atoms with Crippen molar-refractivity contribution in [3.8, 4) is 0 Å². The Kier molecular flexibility index (Phi) is 16.0. The predicted octanol–water partition coefficient (Wildman–Crippen LogP) is -3.84. The van der Waals surface area contributed by atoms with Crippen LogP contribution in [0.3, 0.4) is 0 Å². The molecule has 0 aliphatic heterocycles. The zero-order valence-electron chi connectivity index (χ0n) is 15.9. The van der Waals surface area contributed by atoms with Crippen LogP contribution < -0.4 is 20.8 Å². The quantitative estimate of drug-likeness (QED) is 0.198. The van der Waals surface area contributed by atoms with Crippen LogP contribution in [0.5, 0.6) is 0 Å². The van der Waals surface area contributed by atoms with Crippen molar-refractivity contribution in [1.82, 2.24) is 10.6 Å². The summed E-state index contributed by atoms with van der Waals surface area (Å²) in [6.45, 7) is 9.30. The van der Waals surface area contributed by atoms with E-state index in [1.807, 2.05) is 10.6 Å². The van der Waals surface area contributed by atoms with E-state index in [-0.39, 0.29) is 34.2 Å². The zero-order chi connectivity index (χ0) is 22.6. The first kappa shape index (κ1) is 30.8. The van der Waals surface area contributed by atoms with Crippen LogP contribution in [0, 0.1) is 0 Å². The van der Waals surface area contributed by atoms with Crippen molar-refractivity contribution in [2.75, 3.05) is 0 Å². The molecule has 2 amide bonds. The molecule has 0 bridgehead atoms. The molecule has 13 heteroatoms. The summed E-state index contributed by atoms with van der Waals surface area (Å²) < 4.78 is 0. The summed E-state index contributed by atoms with van der Waals surface area (Å²) in [5, 5.41) is 41.3. The number of carboxylic acids is 4. The van der Waals surface area contributed by atoms with Gasteiger partial charge in [-0.2, -0.15) is 0 Å². The van der Waals surface area contributed by atoms with Gasteiger partial charge in [-0.25, -0.2) is 0 Å². The SMILES string of the molecule is C=C(C)C(=O)N[C@@H](CC(=O)O)C(=O)[O-].C=C(C)C(=O)N[C@@H](CC(=O)O)C(=O)[O-].[Mg+2]. The topological polar surface area (TPSA) is 213 Å². The Balaban J connectivity index is -0.000000451. The van der Waals surface area contributed by atoms with E-state index in [2.05, 4.69) is 13.2 Å². The van der Waals surface area contributed by atoms with Crippen LogP contribution in [-0.2, 0) is 28.8 Å². The predicted molar refractivity (Wildman–Crippen MR) is 93.8 cm³/mol. The van der Waals surface area contributed by atoms with E-state index < -0.39 is 60.6 Å². The van der Waals surface area contributed by atoms with E-state index >= 15 is 0 Å². The number of carboxylic acid groups (broad SMARTS) is 4. The van der Waals surface area contributed by atoms with Crippen molar-refractivity contribution in [3.05, 3.63) is 24.3 Å². The number of carbonyl (C=O) groups excluding carboxylic acids is 4. The first-order valence-electron chi connectivity index (χ1n) is 7.47. The van der Waals surface area contributed by atoms with Crippen molar-refractivity contribution in [3.63, 3.8) is 0 Å². The van der Waals surface area contributed by atoms with Crippen LogP contribution in [0.1, 0.15) is 26.7 Å². The molecule has 2 atom stereocenters. The van der Waals surface area contributed by atoms with E-state index in [9.17, 15) is 39.0 Å². The van der Waals surface area contributed by atoms with E-state index in [0.29, 0.717) is 0 Å². The second-order valence-electron chi connectivity index (χ2n) is 5.45. The molecule has 0 saturated heterocycles. The van der Waals surface area contributed by atoms with Gasteiger partial charge in [0.2, 0.25) is 11.8 Å². The van der Waals surface area contributed by atoms with Crippen molar-refractivity contribution in [2.24, 2.45) is 0 Å². The number of nitrogens with one attached hydrogen (secondary N) is 2. The molecule has 0 aliphatic carbocycles. The third-order valence-corrected chi connectivity index (χ3v) is 2.71. The molecular formula is C16H20MgN2O10. The first-order valence-corrected chi connectivity index (χ1v) is 7.47. The maximum absolute atomic E-state index is 10.9. The minimum Gasteiger partial charge on any atom is -0.548 e. The smallest absolute Gasteiger partial charge is 0.548 e. The van der Waals surface area contributed by atoms with E-state index in [4.69, 9.17) is 10.2 Å². The summed E-state index contributed by atoms with van der Waals surface area (Å²) in [5.41, 5.74) is 0.197. The number of aliphatic carboxylic acids is 4. The third kappa shape index (κ3) is 15.8. The number of hydrogen-bond donors (Lipinski definition) is 4. The summed E-state index contributed by atoms with van der Waals surface area (Å²) in [6, 6.07) is -3.06. The van der Waals surface area contributed by atoms with Gasteiger partial charge in [0.15, 0.2) is 0 Å². The molecule has 12 nitrogen and oxygen atoms in total. The van der Waals surface area contributed by atoms with E-state index in [1.165, 1.54) is 13.8 Å².